The minimum atomic E-state index is -0.0288. The van der Waals surface area contributed by atoms with Gasteiger partial charge in [-0.15, -0.1) is 0 Å². The molecule has 0 aliphatic carbocycles. The van der Waals surface area contributed by atoms with Gasteiger partial charge in [-0.25, -0.2) is 0 Å². The summed E-state index contributed by atoms with van der Waals surface area (Å²) in [7, 11) is 3.89. The van der Waals surface area contributed by atoms with Gasteiger partial charge in [0, 0.05) is 32.3 Å². The number of methoxy groups -OCH3 is 1. The van der Waals surface area contributed by atoms with Gasteiger partial charge in [-0.1, -0.05) is 6.92 Å². The second kappa shape index (κ2) is 6.14. The molecule has 4 heteroatoms. The van der Waals surface area contributed by atoms with Crippen LogP contribution in [0, 0.1) is 0 Å². The Morgan fingerprint density at radius 3 is 2.71 bits per heavy atom. The van der Waals surface area contributed by atoms with Gasteiger partial charge in [0.25, 0.3) is 0 Å². The van der Waals surface area contributed by atoms with E-state index in [-0.39, 0.29) is 11.1 Å². The summed E-state index contributed by atoms with van der Waals surface area (Å²) in [5, 5.41) is 0. The highest BCUT2D eigenvalue weighted by Crippen LogP contribution is 2.37. The third-order valence-electron chi connectivity index (χ3n) is 4.29. The lowest BCUT2D eigenvalue weighted by atomic mass is 9.78. The number of rotatable bonds is 6. The van der Waals surface area contributed by atoms with E-state index in [1.54, 1.807) is 7.11 Å². The number of ether oxygens (including phenoxy) is 2. The van der Waals surface area contributed by atoms with E-state index in [1.807, 2.05) is 0 Å². The smallest absolute Gasteiger partial charge is 0.0670 e. The van der Waals surface area contributed by atoms with Gasteiger partial charge >= 0.3 is 0 Å². The Morgan fingerprint density at radius 1 is 1.47 bits per heavy atom. The third kappa shape index (κ3) is 3.41. The van der Waals surface area contributed by atoms with Gasteiger partial charge in [0.1, 0.15) is 0 Å². The zero-order valence-electron chi connectivity index (χ0n) is 11.8. The number of nitrogens with two attached hydrogens (primary N) is 1. The molecular weight excluding hydrogens is 216 g/mol. The van der Waals surface area contributed by atoms with E-state index in [1.165, 1.54) is 0 Å². The Kier molecular flexibility index (Phi) is 5.38. The average Bonchev–Trinajstić information content (AvgIpc) is 2.35. The molecule has 0 aromatic heterocycles. The van der Waals surface area contributed by atoms with E-state index < -0.39 is 0 Å². The first-order valence-corrected chi connectivity index (χ1v) is 6.56. The minimum absolute atomic E-state index is 0.0288. The van der Waals surface area contributed by atoms with Crippen LogP contribution in [-0.2, 0) is 9.47 Å². The standard InChI is InChI=1S/C13H28N2O2/c1-5-12(2)10-13(11-14,6-8-17-12)15(3)7-9-16-4/h5-11,14H2,1-4H3. The monoisotopic (exact) mass is 244 g/mol. The first-order chi connectivity index (χ1) is 8.02. The highest BCUT2D eigenvalue weighted by molar-refractivity contribution is 4.99. The van der Waals surface area contributed by atoms with Crippen molar-refractivity contribution >= 4 is 0 Å². The fourth-order valence-corrected chi connectivity index (χ4v) is 2.67. The summed E-state index contributed by atoms with van der Waals surface area (Å²) in [5.74, 6) is 0. The molecular formula is C13H28N2O2. The lowest BCUT2D eigenvalue weighted by Crippen LogP contribution is -2.60. The lowest BCUT2D eigenvalue weighted by Gasteiger charge is -2.50. The van der Waals surface area contributed by atoms with Crippen molar-refractivity contribution in [3.63, 3.8) is 0 Å². The van der Waals surface area contributed by atoms with E-state index in [0.717, 1.165) is 39.0 Å². The van der Waals surface area contributed by atoms with Crippen LogP contribution in [0.4, 0.5) is 0 Å². The number of hydrogen-bond donors (Lipinski definition) is 1. The Balaban J connectivity index is 2.73. The highest BCUT2D eigenvalue weighted by atomic mass is 16.5. The molecule has 4 nitrogen and oxygen atoms in total. The molecule has 2 N–H and O–H groups in total. The minimum Gasteiger partial charge on any atom is -0.383 e. The van der Waals surface area contributed by atoms with E-state index in [9.17, 15) is 0 Å². The van der Waals surface area contributed by atoms with Crippen LogP contribution >= 0.6 is 0 Å². The van der Waals surface area contributed by atoms with Gasteiger partial charge in [-0.2, -0.15) is 0 Å². The summed E-state index contributed by atoms with van der Waals surface area (Å²) in [5.41, 5.74) is 6.09. The van der Waals surface area contributed by atoms with Gasteiger partial charge in [-0.05, 0) is 33.2 Å². The van der Waals surface area contributed by atoms with Gasteiger partial charge in [-0.3, -0.25) is 4.90 Å². The zero-order valence-corrected chi connectivity index (χ0v) is 11.8. The maximum absolute atomic E-state index is 6.05. The molecule has 102 valence electrons. The Bertz CT molecular complexity index is 237. The largest absolute Gasteiger partial charge is 0.383 e. The molecule has 1 heterocycles. The quantitative estimate of drug-likeness (QED) is 0.764. The van der Waals surface area contributed by atoms with Crippen molar-refractivity contribution in [2.75, 3.05) is 40.5 Å². The average molecular weight is 244 g/mol. The molecule has 1 aliphatic rings. The Hall–Kier alpha value is -0.160. The summed E-state index contributed by atoms with van der Waals surface area (Å²) in [6.07, 6.45) is 3.05. The third-order valence-corrected chi connectivity index (χ3v) is 4.29. The molecule has 0 saturated carbocycles. The van der Waals surface area contributed by atoms with Gasteiger partial charge in [0.2, 0.25) is 0 Å². The van der Waals surface area contributed by atoms with Crippen molar-refractivity contribution in [3.8, 4) is 0 Å². The van der Waals surface area contributed by atoms with Crippen LogP contribution < -0.4 is 5.73 Å². The second-order valence-electron chi connectivity index (χ2n) is 5.42. The fourth-order valence-electron chi connectivity index (χ4n) is 2.67. The van der Waals surface area contributed by atoms with Crippen molar-refractivity contribution < 1.29 is 9.47 Å². The number of likely N-dealkylation sites (N-methyl/N-ethyl adjacent to an activating group) is 1. The number of nitrogens with zero attached hydrogens (tertiary/aromatic N) is 1. The van der Waals surface area contributed by atoms with Crippen molar-refractivity contribution in [2.45, 2.75) is 44.2 Å². The summed E-state index contributed by atoms with van der Waals surface area (Å²) in [6.45, 7) is 7.54. The molecule has 0 radical (unpaired) electrons. The van der Waals surface area contributed by atoms with Gasteiger partial charge in [0.05, 0.1) is 12.2 Å². The van der Waals surface area contributed by atoms with Gasteiger partial charge < -0.3 is 15.2 Å². The zero-order chi connectivity index (χ0) is 12.9. The predicted molar refractivity (Wildman–Crippen MR) is 70.2 cm³/mol. The van der Waals surface area contributed by atoms with Crippen LogP contribution in [0.5, 0.6) is 0 Å². The molecule has 1 aliphatic heterocycles. The van der Waals surface area contributed by atoms with Crippen molar-refractivity contribution in [1.29, 1.82) is 0 Å². The predicted octanol–water partition coefficient (Wildman–Crippen LogP) is 1.24. The molecule has 1 saturated heterocycles. The van der Waals surface area contributed by atoms with Crippen molar-refractivity contribution in [3.05, 3.63) is 0 Å². The Morgan fingerprint density at radius 2 is 2.18 bits per heavy atom. The number of hydrogen-bond acceptors (Lipinski definition) is 4. The molecule has 1 rings (SSSR count). The fraction of sp³-hybridized carbons (Fsp3) is 1.00. The summed E-state index contributed by atoms with van der Waals surface area (Å²) in [6, 6.07) is 0. The molecule has 0 aromatic rings. The summed E-state index contributed by atoms with van der Waals surface area (Å²) in [4.78, 5) is 2.35. The van der Waals surface area contributed by atoms with Crippen LogP contribution in [0.15, 0.2) is 0 Å². The molecule has 0 amide bonds. The summed E-state index contributed by atoms with van der Waals surface area (Å²) >= 11 is 0. The Labute approximate surface area is 105 Å². The van der Waals surface area contributed by atoms with E-state index in [4.69, 9.17) is 15.2 Å². The van der Waals surface area contributed by atoms with Crippen LogP contribution in [0.25, 0.3) is 0 Å². The van der Waals surface area contributed by atoms with Crippen LogP contribution in [-0.4, -0.2) is 56.5 Å². The van der Waals surface area contributed by atoms with Crippen LogP contribution in [0.2, 0.25) is 0 Å². The maximum Gasteiger partial charge on any atom is 0.0670 e. The van der Waals surface area contributed by atoms with Crippen LogP contribution in [0.3, 0.4) is 0 Å². The second-order valence-corrected chi connectivity index (χ2v) is 5.42. The summed E-state index contributed by atoms with van der Waals surface area (Å²) < 4.78 is 11.1. The maximum atomic E-state index is 6.05. The molecule has 2 unspecified atom stereocenters. The van der Waals surface area contributed by atoms with E-state index in [0.29, 0.717) is 6.54 Å². The van der Waals surface area contributed by atoms with Crippen molar-refractivity contribution in [1.82, 2.24) is 4.90 Å². The molecule has 1 fully saturated rings. The van der Waals surface area contributed by atoms with Gasteiger partial charge in [0.15, 0.2) is 0 Å². The van der Waals surface area contributed by atoms with Crippen LogP contribution in [0.1, 0.15) is 33.1 Å². The van der Waals surface area contributed by atoms with E-state index >= 15 is 0 Å². The topological polar surface area (TPSA) is 47.7 Å². The molecule has 17 heavy (non-hydrogen) atoms. The normalized spacial score (nSPS) is 34.2. The molecule has 0 aromatic carbocycles. The molecule has 2 atom stereocenters. The highest BCUT2D eigenvalue weighted by Gasteiger charge is 2.43. The SMILES string of the molecule is CCC1(C)CC(CN)(N(C)CCOC)CCO1. The molecule has 0 spiro atoms. The first kappa shape index (κ1) is 14.9. The molecule has 0 bridgehead atoms. The first-order valence-electron chi connectivity index (χ1n) is 6.56. The van der Waals surface area contributed by atoms with E-state index in [2.05, 4.69) is 25.8 Å². The van der Waals surface area contributed by atoms with Crippen molar-refractivity contribution in [2.24, 2.45) is 5.73 Å². The lowest BCUT2D eigenvalue weighted by molar-refractivity contribution is -0.126.